The average Bonchev–Trinajstić information content (AvgIpc) is 2.57. The van der Waals surface area contributed by atoms with Gasteiger partial charge in [0.05, 0.1) is 6.61 Å². The zero-order valence-corrected chi connectivity index (χ0v) is 8.55. The van der Waals surface area contributed by atoms with Crippen LogP contribution in [0.3, 0.4) is 0 Å². The minimum absolute atomic E-state index is 0.507. The lowest BCUT2D eigenvalue weighted by Gasteiger charge is -2.14. The normalized spacial score (nSPS) is 32.9. The van der Waals surface area contributed by atoms with E-state index in [-0.39, 0.29) is 0 Å². The molecular formula is C8H11N3O6. The van der Waals surface area contributed by atoms with Crippen molar-refractivity contribution in [2.75, 3.05) is 6.61 Å². The van der Waals surface area contributed by atoms with Crippen molar-refractivity contribution in [3.63, 3.8) is 0 Å². The zero-order valence-electron chi connectivity index (χ0n) is 8.55. The molecule has 4 N–H and O–H groups in total. The van der Waals surface area contributed by atoms with E-state index in [9.17, 15) is 19.8 Å². The number of aliphatic hydroxyl groups excluding tert-OH is 3. The van der Waals surface area contributed by atoms with Crippen molar-refractivity contribution in [3.8, 4) is 0 Å². The van der Waals surface area contributed by atoms with E-state index in [4.69, 9.17) is 9.84 Å². The molecule has 2 heterocycles. The van der Waals surface area contributed by atoms with Crippen LogP contribution < -0.4 is 11.2 Å². The number of H-pyrrole nitrogens is 1. The molecule has 2 rings (SSSR count). The molecule has 1 aliphatic heterocycles. The molecule has 1 fully saturated rings. The quantitative estimate of drug-likeness (QED) is 0.425. The molecule has 0 aliphatic carbocycles. The lowest BCUT2D eigenvalue weighted by molar-refractivity contribution is -0.0618. The molecule has 1 aromatic heterocycles. The molecule has 17 heavy (non-hydrogen) atoms. The Labute approximate surface area is 93.9 Å². The van der Waals surface area contributed by atoms with Crippen LogP contribution in [-0.2, 0) is 4.74 Å². The van der Waals surface area contributed by atoms with Crippen LogP contribution in [0.15, 0.2) is 15.8 Å². The van der Waals surface area contributed by atoms with Gasteiger partial charge in [0.1, 0.15) is 24.5 Å². The number of nitrogens with zero attached hydrogens (tertiary/aromatic N) is 2. The first-order valence-corrected chi connectivity index (χ1v) is 4.85. The van der Waals surface area contributed by atoms with Crippen molar-refractivity contribution < 1.29 is 20.1 Å². The van der Waals surface area contributed by atoms with Crippen LogP contribution in [-0.4, -0.2) is 55.0 Å². The number of aromatic nitrogens is 3. The molecule has 0 unspecified atom stereocenters. The Balaban J connectivity index is 2.35. The van der Waals surface area contributed by atoms with E-state index < -0.39 is 42.4 Å². The summed E-state index contributed by atoms with van der Waals surface area (Å²) < 4.78 is 5.77. The van der Waals surface area contributed by atoms with E-state index in [1.807, 2.05) is 4.98 Å². The molecule has 1 aromatic rings. The number of hydrogen-bond donors (Lipinski definition) is 4. The topological polar surface area (TPSA) is 138 Å². The van der Waals surface area contributed by atoms with Gasteiger partial charge in [-0.1, -0.05) is 0 Å². The highest BCUT2D eigenvalue weighted by molar-refractivity contribution is 4.88. The minimum Gasteiger partial charge on any atom is -0.394 e. The number of hydrogen-bond acceptors (Lipinski definition) is 7. The Bertz CT molecular complexity index is 510. The van der Waals surface area contributed by atoms with Crippen LogP contribution in [0.1, 0.15) is 6.23 Å². The van der Waals surface area contributed by atoms with Crippen LogP contribution in [0.4, 0.5) is 0 Å². The van der Waals surface area contributed by atoms with Crippen molar-refractivity contribution in [2.45, 2.75) is 24.5 Å². The van der Waals surface area contributed by atoms with Gasteiger partial charge in [-0.3, -0.25) is 9.78 Å². The highest BCUT2D eigenvalue weighted by atomic mass is 16.6. The Morgan fingerprint density at radius 3 is 2.65 bits per heavy atom. The fraction of sp³-hybridized carbons (Fsp3) is 0.625. The average molecular weight is 245 g/mol. The summed E-state index contributed by atoms with van der Waals surface area (Å²) in [5, 5.41) is 31.5. The van der Waals surface area contributed by atoms with Crippen LogP contribution >= 0.6 is 0 Å². The van der Waals surface area contributed by atoms with E-state index in [0.29, 0.717) is 4.68 Å². The summed E-state index contributed by atoms with van der Waals surface area (Å²) in [6.45, 7) is -0.507. The maximum Gasteiger partial charge on any atom is 0.347 e. The van der Waals surface area contributed by atoms with Gasteiger partial charge in [-0.05, 0) is 0 Å². The Kier molecular flexibility index (Phi) is 3.07. The highest BCUT2D eigenvalue weighted by Crippen LogP contribution is 2.27. The van der Waals surface area contributed by atoms with Crippen LogP contribution in [0.5, 0.6) is 0 Å². The first kappa shape index (κ1) is 11.9. The molecule has 0 spiro atoms. The van der Waals surface area contributed by atoms with Gasteiger partial charge in [0, 0.05) is 0 Å². The SMILES string of the molecule is O=c1cnn([C@@H]2O[C@@H](CO)[C@@H](O)[C@H]2O)c(=O)[nH]1. The van der Waals surface area contributed by atoms with Crippen molar-refractivity contribution in [3.05, 3.63) is 27.0 Å². The number of aliphatic hydroxyl groups is 3. The Morgan fingerprint density at radius 2 is 2.12 bits per heavy atom. The molecule has 0 aromatic carbocycles. The summed E-state index contributed by atoms with van der Waals surface area (Å²) in [6.07, 6.45) is -4.15. The number of rotatable bonds is 2. The third kappa shape index (κ3) is 2.00. The Morgan fingerprint density at radius 1 is 1.41 bits per heavy atom. The van der Waals surface area contributed by atoms with Crippen LogP contribution in [0, 0.1) is 0 Å². The van der Waals surface area contributed by atoms with E-state index in [1.54, 1.807) is 0 Å². The van der Waals surface area contributed by atoms with Gasteiger partial charge in [-0.2, -0.15) is 9.78 Å². The van der Waals surface area contributed by atoms with Gasteiger partial charge in [0.25, 0.3) is 5.56 Å². The van der Waals surface area contributed by atoms with Crippen molar-refractivity contribution in [1.29, 1.82) is 0 Å². The fourth-order valence-electron chi connectivity index (χ4n) is 1.63. The first-order chi connectivity index (χ1) is 8.04. The maximum atomic E-state index is 11.4. The van der Waals surface area contributed by atoms with E-state index in [1.165, 1.54) is 0 Å². The van der Waals surface area contributed by atoms with Crippen LogP contribution in [0.2, 0.25) is 0 Å². The van der Waals surface area contributed by atoms with E-state index in [0.717, 1.165) is 6.20 Å². The molecule has 1 saturated heterocycles. The molecule has 0 radical (unpaired) electrons. The second-order valence-electron chi connectivity index (χ2n) is 3.61. The molecular weight excluding hydrogens is 234 g/mol. The van der Waals surface area contributed by atoms with Gasteiger partial charge >= 0.3 is 5.69 Å². The largest absolute Gasteiger partial charge is 0.394 e. The summed E-state index contributed by atoms with van der Waals surface area (Å²) in [5.74, 6) is 0. The highest BCUT2D eigenvalue weighted by Gasteiger charge is 2.44. The summed E-state index contributed by atoms with van der Waals surface area (Å²) >= 11 is 0. The van der Waals surface area contributed by atoms with Crippen molar-refractivity contribution in [2.24, 2.45) is 0 Å². The predicted octanol–water partition coefficient (Wildman–Crippen LogP) is -3.46. The van der Waals surface area contributed by atoms with E-state index >= 15 is 0 Å². The molecule has 0 saturated carbocycles. The van der Waals surface area contributed by atoms with Gasteiger partial charge in [-0.15, -0.1) is 0 Å². The van der Waals surface area contributed by atoms with Crippen molar-refractivity contribution in [1.82, 2.24) is 14.8 Å². The summed E-state index contributed by atoms with van der Waals surface area (Å²) in [7, 11) is 0. The third-order valence-corrected chi connectivity index (χ3v) is 2.50. The van der Waals surface area contributed by atoms with Crippen molar-refractivity contribution >= 4 is 0 Å². The molecule has 0 bridgehead atoms. The second kappa shape index (κ2) is 4.37. The van der Waals surface area contributed by atoms with Crippen LogP contribution in [0.25, 0.3) is 0 Å². The fourth-order valence-corrected chi connectivity index (χ4v) is 1.63. The monoisotopic (exact) mass is 245 g/mol. The number of ether oxygens (including phenoxy) is 1. The molecule has 9 heteroatoms. The van der Waals surface area contributed by atoms with Gasteiger partial charge in [0.15, 0.2) is 6.23 Å². The first-order valence-electron chi connectivity index (χ1n) is 4.85. The number of nitrogens with one attached hydrogen (secondary N) is 1. The molecule has 94 valence electrons. The van der Waals surface area contributed by atoms with Gasteiger partial charge in [0.2, 0.25) is 0 Å². The molecule has 9 nitrogen and oxygen atoms in total. The summed E-state index contributed by atoms with van der Waals surface area (Å²) in [5.41, 5.74) is -1.55. The summed E-state index contributed by atoms with van der Waals surface area (Å²) in [6, 6.07) is 0. The number of aromatic amines is 1. The molecule has 0 amide bonds. The second-order valence-corrected chi connectivity index (χ2v) is 3.61. The lowest BCUT2D eigenvalue weighted by atomic mass is 10.1. The maximum absolute atomic E-state index is 11.4. The smallest absolute Gasteiger partial charge is 0.347 e. The van der Waals surface area contributed by atoms with Gasteiger partial charge < -0.3 is 20.1 Å². The predicted molar refractivity (Wildman–Crippen MR) is 52.1 cm³/mol. The van der Waals surface area contributed by atoms with E-state index in [2.05, 4.69) is 5.10 Å². The third-order valence-electron chi connectivity index (χ3n) is 2.50. The summed E-state index contributed by atoms with van der Waals surface area (Å²) in [4.78, 5) is 24.1. The van der Waals surface area contributed by atoms with Gasteiger partial charge in [-0.25, -0.2) is 4.79 Å². The zero-order chi connectivity index (χ0) is 12.6. The molecule has 4 atom stereocenters. The standard InChI is InChI=1S/C8H11N3O6/c12-2-3-5(14)6(15)7(17-3)11-8(16)10-4(13)1-9-11/h1,3,5-7,12,14-15H,2H2,(H,10,13,16)/t3-,5+,6+,7+/m0/s1. The Hall–Kier alpha value is -1.55. The minimum atomic E-state index is -1.41. The lowest BCUT2D eigenvalue weighted by Crippen LogP contribution is -2.39. The molecule has 1 aliphatic rings.